The molecule has 0 aromatic carbocycles. The van der Waals surface area contributed by atoms with Crippen LogP contribution in [0.2, 0.25) is 0 Å². The smallest absolute Gasteiger partial charge is 0.327 e. The van der Waals surface area contributed by atoms with Gasteiger partial charge in [-0.3, -0.25) is 9.69 Å². The molecule has 1 atom stereocenters. The molecule has 1 aliphatic heterocycles. The summed E-state index contributed by atoms with van der Waals surface area (Å²) in [6, 6.07) is -0.385. The fourth-order valence-electron chi connectivity index (χ4n) is 2.37. The van der Waals surface area contributed by atoms with Crippen LogP contribution in [0.5, 0.6) is 0 Å². The predicted octanol–water partition coefficient (Wildman–Crippen LogP) is 0.495. The molecule has 6 nitrogen and oxygen atoms in total. The number of aromatic nitrogens is 2. The Morgan fingerprint density at radius 3 is 2.67 bits per heavy atom. The molecule has 100 valence electrons. The zero-order valence-electron chi connectivity index (χ0n) is 10.8. The molecule has 2 heterocycles. The molecule has 6 heteroatoms. The van der Waals surface area contributed by atoms with Gasteiger partial charge >= 0.3 is 5.97 Å². The molecule has 2 N–H and O–H groups in total. The van der Waals surface area contributed by atoms with Gasteiger partial charge in [-0.05, 0) is 13.8 Å². The zero-order valence-corrected chi connectivity index (χ0v) is 10.8. The first-order valence-corrected chi connectivity index (χ1v) is 6.30. The van der Waals surface area contributed by atoms with E-state index in [4.69, 9.17) is 0 Å². The molecule has 2 rings (SSSR count). The maximum atomic E-state index is 11.6. The highest BCUT2D eigenvalue weighted by molar-refractivity contribution is 5.75. The van der Waals surface area contributed by atoms with E-state index in [0.29, 0.717) is 0 Å². The van der Waals surface area contributed by atoms with E-state index in [2.05, 4.69) is 10.3 Å². The average Bonchev–Trinajstić information content (AvgIpc) is 2.79. The Morgan fingerprint density at radius 1 is 1.44 bits per heavy atom. The average molecular weight is 252 g/mol. The highest BCUT2D eigenvalue weighted by Gasteiger charge is 2.31. The van der Waals surface area contributed by atoms with Crippen molar-refractivity contribution in [3.63, 3.8) is 0 Å². The largest absolute Gasteiger partial charge is 0.480 e. The van der Waals surface area contributed by atoms with Crippen LogP contribution >= 0.6 is 0 Å². The summed E-state index contributed by atoms with van der Waals surface area (Å²) in [6.45, 7) is 7.23. The normalized spacial score (nSPS) is 19.1. The van der Waals surface area contributed by atoms with E-state index < -0.39 is 12.0 Å². The Morgan fingerprint density at radius 2 is 2.11 bits per heavy atom. The van der Waals surface area contributed by atoms with Crippen LogP contribution in [0.3, 0.4) is 0 Å². The molecule has 1 aliphatic rings. The van der Waals surface area contributed by atoms with E-state index in [1.807, 2.05) is 23.3 Å². The maximum absolute atomic E-state index is 11.6. The van der Waals surface area contributed by atoms with E-state index in [1.54, 1.807) is 12.5 Å². The molecule has 1 aromatic rings. The van der Waals surface area contributed by atoms with E-state index in [9.17, 15) is 9.90 Å². The first-order valence-electron chi connectivity index (χ1n) is 6.30. The summed E-state index contributed by atoms with van der Waals surface area (Å²) in [6.07, 6.45) is 3.37. The third-order valence-corrected chi connectivity index (χ3v) is 3.28. The Labute approximate surface area is 107 Å². The van der Waals surface area contributed by atoms with Crippen LogP contribution in [0.15, 0.2) is 12.5 Å². The van der Waals surface area contributed by atoms with Crippen LogP contribution < -0.4 is 5.32 Å². The SMILES string of the molecule is CC(C)n1cncc1C(C(=O)O)N1CCNCC1. The number of hydrogen-bond donors (Lipinski definition) is 2. The third kappa shape index (κ3) is 2.54. The summed E-state index contributed by atoms with van der Waals surface area (Å²) >= 11 is 0. The maximum Gasteiger partial charge on any atom is 0.327 e. The van der Waals surface area contributed by atoms with Crippen molar-refractivity contribution in [3.05, 3.63) is 18.2 Å². The standard InChI is InChI=1S/C12H20N4O2/c1-9(2)16-8-14-7-10(16)11(12(17)18)15-5-3-13-4-6-15/h7-9,11,13H,3-6H2,1-2H3,(H,17,18). The Bertz CT molecular complexity index is 410. The van der Waals surface area contributed by atoms with E-state index in [1.165, 1.54) is 0 Å². The van der Waals surface area contributed by atoms with Gasteiger partial charge in [-0.25, -0.2) is 4.98 Å². The summed E-state index contributed by atoms with van der Waals surface area (Å²) in [4.78, 5) is 17.7. The van der Waals surface area contributed by atoms with Gasteiger partial charge in [0.05, 0.1) is 18.2 Å². The van der Waals surface area contributed by atoms with E-state index in [-0.39, 0.29) is 6.04 Å². The Kier molecular flexibility index (Phi) is 3.98. The lowest BCUT2D eigenvalue weighted by atomic mass is 10.1. The summed E-state index contributed by atoms with van der Waals surface area (Å²) in [5, 5.41) is 12.7. The monoisotopic (exact) mass is 252 g/mol. The first-order chi connectivity index (χ1) is 8.61. The summed E-state index contributed by atoms with van der Waals surface area (Å²) < 4.78 is 1.93. The molecule has 0 amide bonds. The van der Waals surface area contributed by atoms with Gasteiger partial charge in [0.25, 0.3) is 0 Å². The fourth-order valence-corrected chi connectivity index (χ4v) is 2.37. The van der Waals surface area contributed by atoms with Crippen LogP contribution in [0.25, 0.3) is 0 Å². The Hall–Kier alpha value is -1.40. The van der Waals surface area contributed by atoms with Gasteiger partial charge < -0.3 is 15.0 Å². The second-order valence-electron chi connectivity index (χ2n) is 4.85. The van der Waals surface area contributed by atoms with Gasteiger partial charge in [-0.15, -0.1) is 0 Å². The molecule has 0 spiro atoms. The number of imidazole rings is 1. The fraction of sp³-hybridized carbons (Fsp3) is 0.667. The number of hydrogen-bond acceptors (Lipinski definition) is 4. The topological polar surface area (TPSA) is 70.4 Å². The van der Waals surface area contributed by atoms with Crippen molar-refractivity contribution in [2.45, 2.75) is 25.9 Å². The molecular weight excluding hydrogens is 232 g/mol. The van der Waals surface area contributed by atoms with Crippen LogP contribution in [0.1, 0.15) is 31.6 Å². The van der Waals surface area contributed by atoms with E-state index >= 15 is 0 Å². The number of carbonyl (C=O) groups is 1. The quantitative estimate of drug-likeness (QED) is 0.816. The minimum absolute atomic E-state index is 0.215. The second kappa shape index (κ2) is 5.49. The summed E-state index contributed by atoms with van der Waals surface area (Å²) in [7, 11) is 0. The van der Waals surface area contributed by atoms with Crippen molar-refractivity contribution in [2.24, 2.45) is 0 Å². The Balaban J connectivity index is 2.28. The number of rotatable bonds is 4. The van der Waals surface area contributed by atoms with Gasteiger partial charge in [0, 0.05) is 32.2 Å². The molecule has 1 aromatic heterocycles. The van der Waals surface area contributed by atoms with Gasteiger partial charge in [-0.1, -0.05) is 0 Å². The van der Waals surface area contributed by atoms with Crippen molar-refractivity contribution in [1.29, 1.82) is 0 Å². The lowest BCUT2D eigenvalue weighted by Crippen LogP contribution is -2.47. The summed E-state index contributed by atoms with van der Waals surface area (Å²) in [5.41, 5.74) is 0.763. The molecule has 0 aliphatic carbocycles. The zero-order chi connectivity index (χ0) is 13.1. The number of nitrogens with one attached hydrogen (secondary N) is 1. The first kappa shape index (κ1) is 13.0. The van der Waals surface area contributed by atoms with Crippen molar-refractivity contribution in [3.8, 4) is 0 Å². The van der Waals surface area contributed by atoms with Gasteiger partial charge in [0.15, 0.2) is 6.04 Å². The van der Waals surface area contributed by atoms with Crippen molar-refractivity contribution in [2.75, 3.05) is 26.2 Å². The number of piperazine rings is 1. The minimum atomic E-state index is -0.806. The van der Waals surface area contributed by atoms with Gasteiger partial charge in [0.2, 0.25) is 0 Å². The molecule has 1 saturated heterocycles. The highest BCUT2D eigenvalue weighted by atomic mass is 16.4. The highest BCUT2D eigenvalue weighted by Crippen LogP contribution is 2.23. The molecule has 1 unspecified atom stereocenters. The number of aliphatic carboxylic acids is 1. The molecular formula is C12H20N4O2. The summed E-state index contributed by atoms with van der Waals surface area (Å²) in [5.74, 6) is -0.806. The predicted molar refractivity (Wildman–Crippen MR) is 67.4 cm³/mol. The van der Waals surface area contributed by atoms with Crippen LogP contribution in [0.4, 0.5) is 0 Å². The lowest BCUT2D eigenvalue weighted by molar-refractivity contribution is -0.144. The van der Waals surface area contributed by atoms with Crippen molar-refractivity contribution >= 4 is 5.97 Å². The molecule has 0 bridgehead atoms. The molecule has 18 heavy (non-hydrogen) atoms. The van der Waals surface area contributed by atoms with E-state index in [0.717, 1.165) is 31.9 Å². The van der Waals surface area contributed by atoms with Crippen molar-refractivity contribution < 1.29 is 9.90 Å². The van der Waals surface area contributed by atoms with Crippen LogP contribution in [0, 0.1) is 0 Å². The number of carboxylic acids is 1. The molecule has 1 fully saturated rings. The molecule has 0 saturated carbocycles. The molecule has 0 radical (unpaired) electrons. The third-order valence-electron chi connectivity index (χ3n) is 3.28. The van der Waals surface area contributed by atoms with Gasteiger partial charge in [-0.2, -0.15) is 0 Å². The van der Waals surface area contributed by atoms with Crippen LogP contribution in [-0.2, 0) is 4.79 Å². The van der Waals surface area contributed by atoms with Crippen LogP contribution in [-0.4, -0.2) is 51.7 Å². The van der Waals surface area contributed by atoms with Gasteiger partial charge in [0.1, 0.15) is 0 Å². The second-order valence-corrected chi connectivity index (χ2v) is 4.85. The number of nitrogens with zero attached hydrogens (tertiary/aromatic N) is 3. The number of carboxylic acid groups (broad SMARTS) is 1. The lowest BCUT2D eigenvalue weighted by Gasteiger charge is -2.33. The minimum Gasteiger partial charge on any atom is -0.480 e. The van der Waals surface area contributed by atoms with Crippen molar-refractivity contribution in [1.82, 2.24) is 19.8 Å².